The maximum Gasteiger partial charge on any atom is 0.132 e. The molecule has 3 nitrogen and oxygen atoms in total. The minimum atomic E-state index is 0.0145. The minimum Gasteiger partial charge on any atom is -0.490 e. The van der Waals surface area contributed by atoms with Crippen LogP contribution in [-0.4, -0.2) is 32.4 Å². The van der Waals surface area contributed by atoms with Gasteiger partial charge in [-0.2, -0.15) is 0 Å². The highest BCUT2D eigenvalue weighted by Gasteiger charge is 2.01. The van der Waals surface area contributed by atoms with Crippen LogP contribution < -0.4 is 9.64 Å². The summed E-state index contributed by atoms with van der Waals surface area (Å²) in [4.78, 5) is 2.06. The van der Waals surface area contributed by atoms with Gasteiger partial charge in [-0.25, -0.2) is 0 Å². The average Bonchev–Trinajstić information content (AvgIpc) is 2.52. The summed E-state index contributed by atoms with van der Waals surface area (Å²) in [6.45, 7) is 0.319. The Kier molecular flexibility index (Phi) is 6.10. The fourth-order valence-corrected chi connectivity index (χ4v) is 2.51. The van der Waals surface area contributed by atoms with Crippen molar-refractivity contribution in [1.82, 2.24) is 0 Å². The van der Waals surface area contributed by atoms with Crippen LogP contribution in [0.3, 0.4) is 0 Å². The lowest BCUT2D eigenvalue weighted by molar-refractivity contribution is 0.200. The summed E-state index contributed by atoms with van der Waals surface area (Å²) in [6.07, 6.45) is 0. The first-order valence-electron chi connectivity index (χ1n) is 6.93. The van der Waals surface area contributed by atoms with E-state index in [4.69, 9.17) is 9.84 Å². The van der Waals surface area contributed by atoms with Crippen molar-refractivity contribution in [2.75, 3.05) is 32.2 Å². The molecule has 0 spiro atoms. The van der Waals surface area contributed by atoms with Crippen molar-refractivity contribution >= 4 is 28.3 Å². The van der Waals surface area contributed by atoms with Gasteiger partial charge in [0, 0.05) is 30.9 Å². The number of anilines is 1. The number of benzene rings is 2. The first-order chi connectivity index (χ1) is 10.6. The quantitative estimate of drug-likeness (QED) is 0.625. The van der Waals surface area contributed by atoms with E-state index in [0.29, 0.717) is 6.61 Å². The van der Waals surface area contributed by atoms with Crippen LogP contribution in [0.2, 0.25) is 0 Å². The number of nitrogens with zero attached hydrogens (tertiary/aromatic N) is 1. The normalized spacial score (nSPS) is 9.82. The Morgan fingerprint density at radius 2 is 1.68 bits per heavy atom. The summed E-state index contributed by atoms with van der Waals surface area (Å²) in [5, 5.41) is 8.78. The van der Waals surface area contributed by atoms with E-state index in [9.17, 15) is 0 Å². The molecule has 0 saturated carbocycles. The van der Waals surface area contributed by atoms with E-state index >= 15 is 0 Å². The van der Waals surface area contributed by atoms with Crippen LogP contribution in [0.15, 0.2) is 42.5 Å². The fraction of sp³-hybridized carbons (Fsp3) is 0.222. The summed E-state index contributed by atoms with van der Waals surface area (Å²) >= 11 is 2.21. The van der Waals surface area contributed by atoms with Crippen LogP contribution in [0.5, 0.6) is 5.75 Å². The molecule has 2 aromatic rings. The van der Waals surface area contributed by atoms with E-state index < -0.39 is 0 Å². The first-order valence-corrected chi connectivity index (χ1v) is 8.00. The molecule has 0 amide bonds. The molecule has 0 radical (unpaired) electrons. The van der Waals surface area contributed by atoms with Gasteiger partial charge in [0.15, 0.2) is 0 Å². The Bertz CT molecular complexity index is 684. The summed E-state index contributed by atoms with van der Waals surface area (Å²) in [5.74, 6) is 7.10. The Morgan fingerprint density at radius 1 is 1.05 bits per heavy atom. The average molecular weight is 407 g/mol. The van der Waals surface area contributed by atoms with Gasteiger partial charge in [0.1, 0.15) is 12.4 Å². The zero-order valence-electron chi connectivity index (χ0n) is 12.6. The van der Waals surface area contributed by atoms with Crippen LogP contribution in [0.4, 0.5) is 5.69 Å². The Hall–Kier alpha value is -1.71. The highest BCUT2D eigenvalue weighted by atomic mass is 127. The zero-order chi connectivity index (χ0) is 15.9. The number of hydrogen-bond donors (Lipinski definition) is 1. The number of halogens is 1. The fourth-order valence-electron chi connectivity index (χ4n) is 1.84. The molecule has 0 aliphatic rings. The summed E-state index contributed by atoms with van der Waals surface area (Å²) < 4.78 is 6.42. The minimum absolute atomic E-state index is 0.0145. The van der Waals surface area contributed by atoms with E-state index in [-0.39, 0.29) is 6.61 Å². The molecule has 2 aromatic carbocycles. The van der Waals surface area contributed by atoms with Gasteiger partial charge in [0.25, 0.3) is 0 Å². The molecule has 0 aliphatic carbocycles. The summed E-state index contributed by atoms with van der Waals surface area (Å²) in [6, 6.07) is 13.9. The third-order valence-electron chi connectivity index (χ3n) is 3.02. The lowest BCUT2D eigenvalue weighted by Crippen LogP contribution is -2.07. The van der Waals surface area contributed by atoms with E-state index in [2.05, 4.69) is 51.5 Å². The van der Waals surface area contributed by atoms with E-state index in [1.807, 2.05) is 44.4 Å². The van der Waals surface area contributed by atoms with Gasteiger partial charge in [-0.05, 0) is 65.1 Å². The van der Waals surface area contributed by atoms with Crippen LogP contribution in [0.1, 0.15) is 11.1 Å². The van der Waals surface area contributed by atoms with E-state index in [1.54, 1.807) is 0 Å². The van der Waals surface area contributed by atoms with Crippen molar-refractivity contribution in [2.45, 2.75) is 0 Å². The number of rotatable bonds is 4. The van der Waals surface area contributed by atoms with Gasteiger partial charge >= 0.3 is 0 Å². The maximum absolute atomic E-state index is 8.78. The molecular formula is C18H18INO2. The van der Waals surface area contributed by atoms with Crippen LogP contribution in [0, 0.1) is 15.4 Å². The Labute approximate surface area is 145 Å². The molecule has 0 aliphatic heterocycles. The van der Waals surface area contributed by atoms with E-state index in [0.717, 1.165) is 26.1 Å². The predicted molar refractivity (Wildman–Crippen MR) is 98.5 cm³/mol. The molecule has 0 heterocycles. The monoisotopic (exact) mass is 407 g/mol. The second kappa shape index (κ2) is 8.06. The topological polar surface area (TPSA) is 32.7 Å². The molecule has 0 fully saturated rings. The molecule has 0 bridgehead atoms. The molecular weight excluding hydrogens is 389 g/mol. The molecule has 1 N–H and O–H groups in total. The number of aliphatic hydroxyl groups excluding tert-OH is 1. The number of ether oxygens (including phenoxy) is 1. The highest BCUT2D eigenvalue weighted by Crippen LogP contribution is 2.21. The molecule has 4 heteroatoms. The van der Waals surface area contributed by atoms with Crippen LogP contribution in [-0.2, 0) is 0 Å². The third-order valence-corrected chi connectivity index (χ3v) is 3.86. The molecule has 114 valence electrons. The molecule has 0 aromatic heterocycles. The standard InChI is InChI=1S/C18H18INO2/c1-20(2)16-8-5-14(6-9-16)3-4-15-7-10-18(17(19)13-15)22-12-11-21/h5-10,13,21H,11-12H2,1-2H3. The van der Waals surface area contributed by atoms with Gasteiger partial charge < -0.3 is 14.7 Å². The second-order valence-electron chi connectivity index (χ2n) is 4.91. The molecule has 2 rings (SSSR count). The van der Waals surface area contributed by atoms with Gasteiger partial charge in [-0.1, -0.05) is 11.8 Å². The highest BCUT2D eigenvalue weighted by molar-refractivity contribution is 14.1. The first kappa shape index (κ1) is 16.7. The van der Waals surface area contributed by atoms with Crippen molar-refractivity contribution in [3.05, 3.63) is 57.2 Å². The largest absolute Gasteiger partial charge is 0.490 e. The molecule has 0 saturated heterocycles. The van der Waals surface area contributed by atoms with Crippen molar-refractivity contribution in [1.29, 1.82) is 0 Å². The van der Waals surface area contributed by atoms with Gasteiger partial charge in [-0.15, -0.1) is 0 Å². The Morgan fingerprint density at radius 3 is 2.27 bits per heavy atom. The van der Waals surface area contributed by atoms with Crippen molar-refractivity contribution in [2.24, 2.45) is 0 Å². The number of hydrogen-bond acceptors (Lipinski definition) is 3. The predicted octanol–water partition coefficient (Wildman–Crippen LogP) is 3.13. The molecule has 22 heavy (non-hydrogen) atoms. The third kappa shape index (κ3) is 4.65. The Balaban J connectivity index is 2.12. The van der Waals surface area contributed by atoms with Crippen molar-refractivity contribution in [3.8, 4) is 17.6 Å². The lowest BCUT2D eigenvalue weighted by Gasteiger charge is -2.11. The maximum atomic E-state index is 8.78. The van der Waals surface area contributed by atoms with E-state index in [1.165, 1.54) is 0 Å². The van der Waals surface area contributed by atoms with Gasteiger partial charge in [-0.3, -0.25) is 0 Å². The van der Waals surface area contributed by atoms with Crippen LogP contribution >= 0.6 is 22.6 Å². The smallest absolute Gasteiger partial charge is 0.132 e. The summed E-state index contributed by atoms with van der Waals surface area (Å²) in [7, 11) is 4.03. The molecule has 0 unspecified atom stereocenters. The van der Waals surface area contributed by atoms with Crippen LogP contribution in [0.25, 0.3) is 0 Å². The summed E-state index contributed by atoms with van der Waals surface area (Å²) in [5.41, 5.74) is 3.09. The van der Waals surface area contributed by atoms with Crippen molar-refractivity contribution < 1.29 is 9.84 Å². The number of aliphatic hydroxyl groups is 1. The molecule has 0 atom stereocenters. The van der Waals surface area contributed by atoms with Gasteiger partial charge in [0.05, 0.1) is 10.2 Å². The zero-order valence-corrected chi connectivity index (χ0v) is 14.8. The van der Waals surface area contributed by atoms with Crippen molar-refractivity contribution in [3.63, 3.8) is 0 Å². The van der Waals surface area contributed by atoms with Gasteiger partial charge in [0.2, 0.25) is 0 Å². The lowest BCUT2D eigenvalue weighted by atomic mass is 10.1. The second-order valence-corrected chi connectivity index (χ2v) is 6.07. The SMILES string of the molecule is CN(C)c1ccc(C#Cc2ccc(OCCO)c(I)c2)cc1.